The number of carboxylic acids is 1. The number of hydrogen-bond acceptors (Lipinski definition) is 2. The molecule has 11 heavy (non-hydrogen) atoms. The number of aliphatic carboxylic acids is 1. The predicted molar refractivity (Wildman–Crippen MR) is 33.6 cm³/mol. The van der Waals surface area contributed by atoms with Crippen molar-refractivity contribution in [2.45, 2.75) is 13.8 Å². The zero-order valence-electron chi connectivity index (χ0n) is 6.50. The zero-order chi connectivity index (χ0) is 7.15. The van der Waals surface area contributed by atoms with Gasteiger partial charge >= 0.3 is 0 Å². The molecule has 0 aliphatic rings. The van der Waals surface area contributed by atoms with Crippen molar-refractivity contribution in [3.05, 3.63) is 11.9 Å². The molecule has 0 aromatic heterocycles. The van der Waals surface area contributed by atoms with E-state index in [1.807, 2.05) is 0 Å². The van der Waals surface area contributed by atoms with Crippen LogP contribution in [0.25, 0.3) is 11.9 Å². The zero-order valence-corrected chi connectivity index (χ0v) is 12.2. The van der Waals surface area contributed by atoms with Crippen molar-refractivity contribution in [3.63, 3.8) is 0 Å². The second-order valence-corrected chi connectivity index (χ2v) is 1.08. The molecule has 0 aromatic carbocycles. The van der Waals surface area contributed by atoms with Gasteiger partial charge in [-0.25, -0.2) is 0 Å². The van der Waals surface area contributed by atoms with Gasteiger partial charge in [-0.15, -0.1) is 0 Å². The van der Waals surface area contributed by atoms with Crippen molar-refractivity contribution in [2.75, 3.05) is 0 Å². The number of nitrogens with one attached hydrogen (secondary N) is 1. The van der Waals surface area contributed by atoms with E-state index in [-0.39, 0.29) is 71.6 Å². The van der Waals surface area contributed by atoms with E-state index in [2.05, 4.69) is 0 Å². The SMILES string of the molecule is CC(=O)O.CC([NH-])=O.[NH2-].[Y].[Y]. The minimum absolute atomic E-state index is 0. The summed E-state index contributed by atoms with van der Waals surface area (Å²) in [5.41, 5.74) is 5.94. The van der Waals surface area contributed by atoms with Gasteiger partial charge in [0, 0.05) is 78.2 Å². The van der Waals surface area contributed by atoms with Crippen LogP contribution in [-0.4, -0.2) is 17.0 Å². The Labute approximate surface area is 116 Å². The van der Waals surface area contributed by atoms with Crippen molar-refractivity contribution in [1.82, 2.24) is 0 Å². The van der Waals surface area contributed by atoms with E-state index < -0.39 is 11.9 Å². The van der Waals surface area contributed by atoms with Crippen LogP contribution in [0.15, 0.2) is 0 Å². The average molecular weight is 312 g/mol. The Bertz CT molecular complexity index is 79.3. The number of hydrogen-bond donors (Lipinski definition) is 1. The molecule has 4 N–H and O–H groups in total. The van der Waals surface area contributed by atoms with Gasteiger partial charge in [0.15, 0.2) is 0 Å². The third-order valence-electron chi connectivity index (χ3n) is 0. The molecule has 0 saturated carbocycles. The molecule has 2 radical (unpaired) electrons. The third-order valence-corrected chi connectivity index (χ3v) is 0. The van der Waals surface area contributed by atoms with E-state index in [1.165, 1.54) is 6.92 Å². The Hall–Kier alpha value is 1.11. The van der Waals surface area contributed by atoms with Gasteiger partial charge in [0.25, 0.3) is 5.97 Å². The van der Waals surface area contributed by atoms with E-state index in [0.717, 1.165) is 6.92 Å². The fourth-order valence-corrected chi connectivity index (χ4v) is 0. The number of amides is 1. The summed E-state index contributed by atoms with van der Waals surface area (Å²) in [6.45, 7) is 2.28. The van der Waals surface area contributed by atoms with E-state index in [9.17, 15) is 0 Å². The Morgan fingerprint density at radius 1 is 1.18 bits per heavy atom. The molecular weight excluding hydrogens is 302 g/mol. The van der Waals surface area contributed by atoms with Gasteiger partial charge in [0.05, 0.1) is 0 Å². The quantitative estimate of drug-likeness (QED) is 0.729. The summed E-state index contributed by atoms with van der Waals surface area (Å²) in [5, 5.41) is 7.42. The largest absolute Gasteiger partial charge is 0.693 e. The molecule has 0 aromatic rings. The summed E-state index contributed by atoms with van der Waals surface area (Å²) >= 11 is 0. The number of carboxylic acid groups (broad SMARTS) is 1. The second kappa shape index (κ2) is 22.5. The molecule has 0 bridgehead atoms. The molecule has 0 aliphatic carbocycles. The number of carbonyl (C=O) groups is 2. The summed E-state index contributed by atoms with van der Waals surface area (Å²) < 4.78 is 0. The molecule has 7 heteroatoms. The van der Waals surface area contributed by atoms with Gasteiger partial charge in [0.2, 0.25) is 0 Å². The van der Waals surface area contributed by atoms with E-state index in [1.54, 1.807) is 0 Å². The average Bonchev–Trinajstić information content (AvgIpc) is 1.25. The van der Waals surface area contributed by atoms with E-state index in [4.69, 9.17) is 20.4 Å². The van der Waals surface area contributed by atoms with E-state index >= 15 is 0 Å². The van der Waals surface area contributed by atoms with Crippen LogP contribution in [0.2, 0.25) is 0 Å². The van der Waals surface area contributed by atoms with Crippen LogP contribution in [0.5, 0.6) is 0 Å². The van der Waals surface area contributed by atoms with Crippen molar-refractivity contribution >= 4 is 11.9 Å². The van der Waals surface area contributed by atoms with Crippen LogP contribution < -0.4 is 0 Å². The maximum atomic E-state index is 9.11. The van der Waals surface area contributed by atoms with Gasteiger partial charge in [-0.3, -0.25) is 4.79 Å². The Morgan fingerprint density at radius 3 is 1.18 bits per heavy atom. The summed E-state index contributed by atoms with van der Waals surface area (Å²) in [7, 11) is 0. The van der Waals surface area contributed by atoms with E-state index in [0.29, 0.717) is 0 Å². The Kier molecular flexibility index (Phi) is 60.4. The molecule has 0 atom stereocenters. The predicted octanol–water partition coefficient (Wildman–Crippen LogP) is 1.39. The van der Waals surface area contributed by atoms with Crippen molar-refractivity contribution in [2.24, 2.45) is 0 Å². The first-order valence-corrected chi connectivity index (χ1v) is 1.88. The Balaban J connectivity index is -0.0000000171. The van der Waals surface area contributed by atoms with Gasteiger partial charge in [-0.05, 0) is 6.92 Å². The van der Waals surface area contributed by atoms with Crippen LogP contribution in [-0.2, 0) is 75.0 Å². The second-order valence-electron chi connectivity index (χ2n) is 1.08. The minimum Gasteiger partial charge on any atom is -0.693 e. The van der Waals surface area contributed by atoms with Gasteiger partial charge in [-0.2, -0.15) is 0 Å². The molecule has 1 amide bonds. The summed E-state index contributed by atoms with van der Waals surface area (Å²) in [6, 6.07) is 0. The number of nitrogens with two attached hydrogens (primary N) is 1. The molecule has 0 saturated heterocycles. The molecule has 0 rings (SSSR count). The van der Waals surface area contributed by atoms with Crippen molar-refractivity contribution < 1.29 is 80.1 Å². The van der Waals surface area contributed by atoms with Crippen LogP contribution in [0, 0.1) is 0 Å². The maximum absolute atomic E-state index is 9.11. The summed E-state index contributed by atoms with van der Waals surface area (Å²) in [4.78, 5) is 18.1. The number of carbonyl (C=O) groups excluding carboxylic acids is 1. The smallest absolute Gasteiger partial charge is 0.300 e. The van der Waals surface area contributed by atoms with Crippen LogP contribution >= 0.6 is 0 Å². The molecule has 0 aliphatic heterocycles. The van der Waals surface area contributed by atoms with Crippen LogP contribution in [0.3, 0.4) is 0 Å². The van der Waals surface area contributed by atoms with Crippen LogP contribution in [0.1, 0.15) is 13.8 Å². The summed E-state index contributed by atoms with van der Waals surface area (Å²) in [5.74, 6) is -1.42. The first-order chi connectivity index (χ1) is 3.46. The van der Waals surface area contributed by atoms with Crippen molar-refractivity contribution in [1.29, 1.82) is 0 Å². The standard InChI is InChI=1S/C2H5NO.C2H4O2.H2N.2Y/c2*1-2(3)4;;;/h1H3,(H2,3,4);1H3,(H,3,4);1H2;;/q;;-1;;/p-1. The molecule has 0 spiro atoms. The Morgan fingerprint density at radius 2 is 1.18 bits per heavy atom. The molecule has 0 heterocycles. The summed E-state index contributed by atoms with van der Waals surface area (Å²) in [6.07, 6.45) is 0. The first kappa shape index (κ1) is 29.6. The molecule has 62 valence electrons. The molecule has 0 unspecified atom stereocenters. The fourth-order valence-electron chi connectivity index (χ4n) is 0. The monoisotopic (exact) mass is 312 g/mol. The molecule has 5 nitrogen and oxygen atoms in total. The van der Waals surface area contributed by atoms with Crippen LogP contribution in [0.4, 0.5) is 0 Å². The third kappa shape index (κ3) is 751. The normalized spacial score (nSPS) is 4.55. The van der Waals surface area contributed by atoms with Crippen molar-refractivity contribution in [3.8, 4) is 0 Å². The van der Waals surface area contributed by atoms with Gasteiger partial charge in [-0.1, -0.05) is 0 Å². The van der Waals surface area contributed by atoms with Gasteiger partial charge < -0.3 is 21.8 Å². The minimum atomic E-state index is -0.833. The molecular formula is C4H10N2O3Y2-2. The molecule has 0 fully saturated rings. The fraction of sp³-hybridized carbons (Fsp3) is 0.500. The first-order valence-electron chi connectivity index (χ1n) is 1.88. The number of rotatable bonds is 0. The van der Waals surface area contributed by atoms with Gasteiger partial charge in [0.1, 0.15) is 0 Å². The topological polar surface area (TPSA) is 112 Å². The maximum Gasteiger partial charge on any atom is 0.300 e.